The first-order valence-corrected chi connectivity index (χ1v) is 6.97. The number of hydrogen-bond acceptors (Lipinski definition) is 3. The van der Waals surface area contributed by atoms with Gasteiger partial charge in [-0.15, -0.1) is 0 Å². The zero-order valence-corrected chi connectivity index (χ0v) is 11.1. The van der Waals surface area contributed by atoms with Crippen molar-refractivity contribution < 1.29 is 14.6 Å². The van der Waals surface area contributed by atoms with Gasteiger partial charge in [0.2, 0.25) is 0 Å². The van der Waals surface area contributed by atoms with Crippen LogP contribution in [0.5, 0.6) is 0 Å². The van der Waals surface area contributed by atoms with Crippen molar-refractivity contribution in [3.05, 3.63) is 29.6 Å². The summed E-state index contributed by atoms with van der Waals surface area (Å²) < 4.78 is 13.9. The molecule has 1 heterocycles. The molecule has 1 aromatic carbocycles. The van der Waals surface area contributed by atoms with Crippen LogP contribution >= 0.6 is 0 Å². The lowest BCUT2D eigenvalue weighted by atomic mass is 10.00. The molecule has 0 aromatic heterocycles. The summed E-state index contributed by atoms with van der Waals surface area (Å²) in [5.74, 6) is 0.440. The minimum Gasteiger partial charge on any atom is -0.393 e. The largest absolute Gasteiger partial charge is 0.393 e. The van der Waals surface area contributed by atoms with Crippen LogP contribution in [0.1, 0.15) is 31.4 Å². The smallest absolute Gasteiger partial charge is 0.131 e. The van der Waals surface area contributed by atoms with Crippen LogP contribution in [0.25, 0.3) is 0 Å². The molecule has 0 radical (unpaired) electrons. The van der Waals surface area contributed by atoms with Gasteiger partial charge in [-0.1, -0.05) is 6.07 Å². The molecule has 4 atom stereocenters. The van der Waals surface area contributed by atoms with E-state index in [0.29, 0.717) is 17.4 Å². The van der Waals surface area contributed by atoms with E-state index in [1.54, 1.807) is 13.0 Å². The predicted octanol–water partition coefficient (Wildman–Crippen LogP) is 2.09. The minimum absolute atomic E-state index is 0.224. The van der Waals surface area contributed by atoms with Gasteiger partial charge in [0.1, 0.15) is 5.82 Å². The zero-order chi connectivity index (χ0) is 13.6. The molecule has 2 aliphatic rings. The topological polar surface area (TPSA) is 43.7 Å². The number of hydrogen-bond donors (Lipinski definition) is 2. The molecule has 0 amide bonds. The number of anilines is 1. The van der Waals surface area contributed by atoms with Crippen LogP contribution in [0.15, 0.2) is 18.2 Å². The van der Waals surface area contributed by atoms with Crippen molar-refractivity contribution in [3.8, 4) is 0 Å². The summed E-state index contributed by atoms with van der Waals surface area (Å²) in [4.78, 5) is 2.11. The van der Waals surface area contributed by atoms with Gasteiger partial charge in [-0.2, -0.15) is 0 Å². The van der Waals surface area contributed by atoms with E-state index in [9.17, 15) is 14.6 Å². The molecule has 3 nitrogen and oxygen atoms in total. The van der Waals surface area contributed by atoms with Gasteiger partial charge >= 0.3 is 0 Å². The van der Waals surface area contributed by atoms with Gasteiger partial charge in [0.25, 0.3) is 0 Å². The maximum Gasteiger partial charge on any atom is 0.131 e. The first-order chi connectivity index (χ1) is 9.08. The monoisotopic (exact) mass is 265 g/mol. The molecule has 2 fully saturated rings. The molecule has 1 aliphatic carbocycles. The van der Waals surface area contributed by atoms with Crippen molar-refractivity contribution >= 4 is 5.69 Å². The third-order valence-corrected chi connectivity index (χ3v) is 4.61. The second-order valence-electron chi connectivity index (χ2n) is 5.82. The van der Waals surface area contributed by atoms with Gasteiger partial charge in [-0.05, 0) is 37.8 Å². The van der Waals surface area contributed by atoms with E-state index < -0.39 is 6.10 Å². The van der Waals surface area contributed by atoms with Gasteiger partial charge in [0.15, 0.2) is 0 Å². The number of aliphatic hydroxyl groups is 2. The van der Waals surface area contributed by atoms with Crippen LogP contribution in [-0.4, -0.2) is 29.4 Å². The molecule has 2 N–H and O–H groups in total. The van der Waals surface area contributed by atoms with E-state index in [-0.39, 0.29) is 11.9 Å². The minimum atomic E-state index is -0.818. The van der Waals surface area contributed by atoms with Crippen molar-refractivity contribution in [2.75, 3.05) is 18.0 Å². The summed E-state index contributed by atoms with van der Waals surface area (Å²) in [5, 5.41) is 19.7. The third-order valence-electron chi connectivity index (χ3n) is 4.61. The number of rotatable bonds is 2. The van der Waals surface area contributed by atoms with Crippen LogP contribution in [0.3, 0.4) is 0 Å². The first kappa shape index (κ1) is 12.9. The van der Waals surface area contributed by atoms with E-state index in [2.05, 4.69) is 4.90 Å². The van der Waals surface area contributed by atoms with Gasteiger partial charge in [0, 0.05) is 30.3 Å². The zero-order valence-electron chi connectivity index (χ0n) is 11.1. The second-order valence-corrected chi connectivity index (χ2v) is 5.82. The van der Waals surface area contributed by atoms with E-state index in [1.807, 2.05) is 6.07 Å². The molecule has 1 saturated heterocycles. The lowest BCUT2D eigenvalue weighted by Crippen LogP contribution is -2.25. The third kappa shape index (κ3) is 2.13. The summed E-state index contributed by atoms with van der Waals surface area (Å²) in [5.41, 5.74) is 1.15. The molecule has 3 unspecified atom stereocenters. The highest BCUT2D eigenvalue weighted by molar-refractivity contribution is 5.56. The van der Waals surface area contributed by atoms with Crippen molar-refractivity contribution in [1.82, 2.24) is 0 Å². The fourth-order valence-electron chi connectivity index (χ4n) is 3.65. The fraction of sp³-hybridized carbons (Fsp3) is 0.600. The van der Waals surface area contributed by atoms with Crippen LogP contribution in [0.4, 0.5) is 10.1 Å². The molecule has 4 heteroatoms. The van der Waals surface area contributed by atoms with Crippen molar-refractivity contribution in [2.24, 2.45) is 11.8 Å². The van der Waals surface area contributed by atoms with Gasteiger partial charge in [-0.3, -0.25) is 0 Å². The predicted molar refractivity (Wildman–Crippen MR) is 71.5 cm³/mol. The van der Waals surface area contributed by atoms with E-state index in [1.165, 1.54) is 6.07 Å². The highest BCUT2D eigenvalue weighted by Gasteiger charge is 2.42. The second kappa shape index (κ2) is 4.76. The number of benzene rings is 1. The molecule has 3 rings (SSSR count). The quantitative estimate of drug-likeness (QED) is 0.860. The SMILES string of the molecule is C[C@@H](O)c1c(F)cccc1N1CC2CCC(O)C2C1. The van der Waals surface area contributed by atoms with Crippen molar-refractivity contribution in [3.63, 3.8) is 0 Å². The standard InChI is InChI=1S/C15H20FNO2/c1-9(18)15-12(16)3-2-4-13(15)17-7-10-5-6-14(19)11(10)8-17/h2-4,9-11,14,18-19H,5-8H2,1H3/t9-,10?,11?,14?/m1/s1. The maximum atomic E-state index is 13.9. The number of halogens is 1. The van der Waals surface area contributed by atoms with Crippen LogP contribution in [0, 0.1) is 17.7 Å². The Morgan fingerprint density at radius 2 is 2.11 bits per heavy atom. The average Bonchev–Trinajstić information content (AvgIpc) is 2.91. The Morgan fingerprint density at radius 3 is 2.79 bits per heavy atom. The normalized spacial score (nSPS) is 31.6. The molecule has 0 bridgehead atoms. The summed E-state index contributed by atoms with van der Waals surface area (Å²) in [6, 6.07) is 4.93. The van der Waals surface area contributed by atoms with Crippen molar-refractivity contribution in [2.45, 2.75) is 32.0 Å². The lowest BCUT2D eigenvalue weighted by Gasteiger charge is -2.25. The molecule has 1 saturated carbocycles. The molecule has 19 heavy (non-hydrogen) atoms. The van der Waals surface area contributed by atoms with Gasteiger partial charge < -0.3 is 15.1 Å². The highest BCUT2D eigenvalue weighted by atomic mass is 19.1. The number of aliphatic hydroxyl groups excluding tert-OH is 2. The van der Waals surface area contributed by atoms with E-state index >= 15 is 0 Å². The lowest BCUT2D eigenvalue weighted by molar-refractivity contribution is 0.133. The molecular formula is C15H20FNO2. The van der Waals surface area contributed by atoms with Crippen LogP contribution in [0.2, 0.25) is 0 Å². The Bertz CT molecular complexity index is 477. The molecule has 1 aromatic rings. The Kier molecular flexibility index (Phi) is 3.23. The maximum absolute atomic E-state index is 13.9. The number of nitrogens with zero attached hydrogens (tertiary/aromatic N) is 1. The van der Waals surface area contributed by atoms with Gasteiger partial charge in [0.05, 0.1) is 12.2 Å². The molecule has 1 aliphatic heterocycles. The fourth-order valence-corrected chi connectivity index (χ4v) is 3.65. The Balaban J connectivity index is 1.90. The Hall–Kier alpha value is -1.13. The number of fused-ring (bicyclic) bond motifs is 1. The average molecular weight is 265 g/mol. The van der Waals surface area contributed by atoms with Crippen LogP contribution in [-0.2, 0) is 0 Å². The van der Waals surface area contributed by atoms with E-state index in [0.717, 1.165) is 31.6 Å². The first-order valence-electron chi connectivity index (χ1n) is 6.97. The van der Waals surface area contributed by atoms with Crippen molar-refractivity contribution in [1.29, 1.82) is 0 Å². The summed E-state index contributed by atoms with van der Waals surface area (Å²) in [6.07, 6.45) is 0.886. The Labute approximate surface area is 112 Å². The molecular weight excluding hydrogens is 245 g/mol. The van der Waals surface area contributed by atoms with Crippen LogP contribution < -0.4 is 4.90 Å². The van der Waals surface area contributed by atoms with Gasteiger partial charge in [-0.25, -0.2) is 4.39 Å². The summed E-state index contributed by atoms with van der Waals surface area (Å²) in [7, 11) is 0. The summed E-state index contributed by atoms with van der Waals surface area (Å²) >= 11 is 0. The molecule has 0 spiro atoms. The molecule has 104 valence electrons. The van der Waals surface area contributed by atoms with E-state index in [4.69, 9.17) is 0 Å². The Morgan fingerprint density at radius 1 is 1.32 bits per heavy atom. The highest BCUT2D eigenvalue weighted by Crippen LogP contribution is 2.41. The summed E-state index contributed by atoms with van der Waals surface area (Å²) in [6.45, 7) is 3.20.